The highest BCUT2D eigenvalue weighted by atomic mass is 16.5. The highest BCUT2D eigenvalue weighted by molar-refractivity contribution is 6.58. The van der Waals surface area contributed by atoms with Crippen LogP contribution in [0.1, 0.15) is 0 Å². The van der Waals surface area contributed by atoms with E-state index in [0.717, 1.165) is 0 Å². The summed E-state index contributed by atoms with van der Waals surface area (Å²) in [7, 11) is -1.52. The minimum Gasteiger partial charge on any atom is -0.423 e. The molecular weight excluding hydrogens is 159 g/mol. The molecule has 0 atom stereocenters. The van der Waals surface area contributed by atoms with Crippen LogP contribution in [0.4, 0.5) is 0 Å². The van der Waals surface area contributed by atoms with Crippen LogP contribution < -0.4 is 5.46 Å². The third-order valence-corrected chi connectivity index (χ3v) is 1.53. The van der Waals surface area contributed by atoms with E-state index in [1.54, 1.807) is 0 Å². The van der Waals surface area contributed by atoms with Crippen LogP contribution in [-0.2, 0) is 0 Å². The SMILES string of the molecule is OB(O)c1cnc2cnoc2c1. The molecule has 0 amide bonds. The second-order valence-corrected chi connectivity index (χ2v) is 2.35. The van der Waals surface area contributed by atoms with Crippen LogP contribution >= 0.6 is 0 Å². The van der Waals surface area contributed by atoms with Crippen molar-refractivity contribution in [3.05, 3.63) is 18.5 Å². The van der Waals surface area contributed by atoms with E-state index in [-0.39, 0.29) is 0 Å². The van der Waals surface area contributed by atoms with Crippen LogP contribution in [0.5, 0.6) is 0 Å². The number of rotatable bonds is 1. The van der Waals surface area contributed by atoms with Crippen LogP contribution in [0.2, 0.25) is 0 Å². The minimum absolute atomic E-state index is 0.291. The van der Waals surface area contributed by atoms with E-state index in [2.05, 4.69) is 10.1 Å². The van der Waals surface area contributed by atoms with Gasteiger partial charge >= 0.3 is 7.12 Å². The third kappa shape index (κ3) is 1.07. The van der Waals surface area contributed by atoms with Crippen molar-refractivity contribution in [3.63, 3.8) is 0 Å². The quantitative estimate of drug-likeness (QED) is 0.523. The molecule has 2 rings (SSSR count). The van der Waals surface area contributed by atoms with Crippen LogP contribution in [-0.4, -0.2) is 27.3 Å². The van der Waals surface area contributed by atoms with Gasteiger partial charge in [0.1, 0.15) is 5.52 Å². The standard InChI is InChI=1S/C6H5BN2O3/c10-7(11)4-1-6-5(8-2-4)3-9-12-6/h1-3,10-11H. The van der Waals surface area contributed by atoms with Gasteiger partial charge in [0.05, 0.1) is 6.20 Å². The van der Waals surface area contributed by atoms with Gasteiger partial charge in [-0.05, 0) is 6.07 Å². The summed E-state index contributed by atoms with van der Waals surface area (Å²) in [5.41, 5.74) is 1.33. The topological polar surface area (TPSA) is 79.4 Å². The Morgan fingerprint density at radius 1 is 1.33 bits per heavy atom. The van der Waals surface area contributed by atoms with Crippen molar-refractivity contribution >= 4 is 23.7 Å². The van der Waals surface area contributed by atoms with Crippen molar-refractivity contribution in [2.45, 2.75) is 0 Å². The summed E-state index contributed by atoms with van der Waals surface area (Å²) in [6, 6.07) is 1.49. The molecule has 0 fully saturated rings. The lowest BCUT2D eigenvalue weighted by Crippen LogP contribution is -2.29. The van der Waals surface area contributed by atoms with E-state index in [4.69, 9.17) is 14.6 Å². The van der Waals surface area contributed by atoms with Crippen molar-refractivity contribution in [2.24, 2.45) is 0 Å². The number of pyridine rings is 1. The first-order chi connectivity index (χ1) is 5.77. The van der Waals surface area contributed by atoms with Crippen LogP contribution in [0.15, 0.2) is 23.0 Å². The first-order valence-electron chi connectivity index (χ1n) is 3.34. The number of fused-ring (bicyclic) bond motifs is 1. The molecule has 0 bridgehead atoms. The first kappa shape index (κ1) is 7.26. The molecule has 0 saturated heterocycles. The van der Waals surface area contributed by atoms with E-state index in [0.29, 0.717) is 16.6 Å². The minimum atomic E-state index is -1.52. The predicted molar refractivity (Wildman–Crippen MR) is 41.6 cm³/mol. The number of hydrogen-bond acceptors (Lipinski definition) is 5. The van der Waals surface area contributed by atoms with Gasteiger partial charge in [-0.3, -0.25) is 4.98 Å². The molecule has 60 valence electrons. The molecule has 0 unspecified atom stereocenters. The van der Waals surface area contributed by atoms with Gasteiger partial charge in [-0.2, -0.15) is 0 Å². The Kier molecular flexibility index (Phi) is 1.56. The zero-order chi connectivity index (χ0) is 8.55. The Morgan fingerprint density at radius 2 is 2.17 bits per heavy atom. The molecule has 0 aliphatic heterocycles. The van der Waals surface area contributed by atoms with Crippen molar-refractivity contribution in [3.8, 4) is 0 Å². The van der Waals surface area contributed by atoms with Gasteiger partial charge < -0.3 is 14.6 Å². The molecule has 0 aromatic carbocycles. The third-order valence-electron chi connectivity index (χ3n) is 1.53. The summed E-state index contributed by atoms with van der Waals surface area (Å²) in [4.78, 5) is 3.89. The van der Waals surface area contributed by atoms with Gasteiger partial charge in [0, 0.05) is 11.7 Å². The van der Waals surface area contributed by atoms with Crippen LogP contribution in [0.3, 0.4) is 0 Å². The maximum Gasteiger partial charge on any atom is 0.490 e. The van der Waals surface area contributed by atoms with E-state index >= 15 is 0 Å². The van der Waals surface area contributed by atoms with E-state index in [1.807, 2.05) is 0 Å². The van der Waals surface area contributed by atoms with Crippen molar-refractivity contribution in [1.82, 2.24) is 10.1 Å². The van der Waals surface area contributed by atoms with Crippen molar-refractivity contribution in [2.75, 3.05) is 0 Å². The summed E-state index contributed by atoms with van der Waals surface area (Å²) in [6.07, 6.45) is 2.83. The lowest BCUT2D eigenvalue weighted by Gasteiger charge is -1.95. The van der Waals surface area contributed by atoms with Gasteiger partial charge in [-0.15, -0.1) is 0 Å². The highest BCUT2D eigenvalue weighted by Gasteiger charge is 2.12. The zero-order valence-electron chi connectivity index (χ0n) is 6.01. The van der Waals surface area contributed by atoms with Gasteiger partial charge in [0.15, 0.2) is 5.58 Å². The van der Waals surface area contributed by atoms with E-state index in [9.17, 15) is 0 Å². The summed E-state index contributed by atoms with van der Waals surface area (Å²) in [6.45, 7) is 0. The average Bonchev–Trinajstić information content (AvgIpc) is 2.49. The smallest absolute Gasteiger partial charge is 0.423 e. The molecule has 5 nitrogen and oxygen atoms in total. The second kappa shape index (κ2) is 2.58. The Balaban J connectivity index is 2.60. The molecule has 6 heteroatoms. The fourth-order valence-corrected chi connectivity index (χ4v) is 0.915. The Labute approximate surface area is 67.8 Å². The fraction of sp³-hybridized carbons (Fsp3) is 0. The van der Waals surface area contributed by atoms with Crippen molar-refractivity contribution in [1.29, 1.82) is 0 Å². The molecule has 0 aliphatic carbocycles. The normalized spacial score (nSPS) is 10.5. The molecule has 2 heterocycles. The number of aromatic nitrogens is 2. The highest BCUT2D eigenvalue weighted by Crippen LogP contribution is 2.06. The van der Waals surface area contributed by atoms with Gasteiger partial charge in [-0.1, -0.05) is 5.16 Å². The maximum absolute atomic E-state index is 8.77. The Hall–Kier alpha value is -1.40. The van der Waals surface area contributed by atoms with Crippen LogP contribution in [0.25, 0.3) is 11.1 Å². The largest absolute Gasteiger partial charge is 0.490 e. The van der Waals surface area contributed by atoms with Gasteiger partial charge in [-0.25, -0.2) is 0 Å². The summed E-state index contributed by atoms with van der Waals surface area (Å²) in [5, 5.41) is 21.0. The number of hydrogen-bond donors (Lipinski definition) is 2. The molecule has 2 N–H and O–H groups in total. The van der Waals surface area contributed by atoms with Crippen LogP contribution in [0, 0.1) is 0 Å². The summed E-state index contributed by atoms with van der Waals surface area (Å²) >= 11 is 0. The van der Waals surface area contributed by atoms with E-state index < -0.39 is 7.12 Å². The van der Waals surface area contributed by atoms with Gasteiger partial charge in [0.25, 0.3) is 0 Å². The summed E-state index contributed by atoms with van der Waals surface area (Å²) in [5.74, 6) is 0. The molecule has 0 saturated carbocycles. The second-order valence-electron chi connectivity index (χ2n) is 2.35. The van der Waals surface area contributed by atoms with E-state index in [1.165, 1.54) is 18.5 Å². The molecule has 0 aliphatic rings. The lowest BCUT2D eigenvalue weighted by molar-refractivity contribution is 0.425. The maximum atomic E-state index is 8.77. The van der Waals surface area contributed by atoms with Gasteiger partial charge in [0.2, 0.25) is 0 Å². The monoisotopic (exact) mass is 164 g/mol. The summed E-state index contributed by atoms with van der Waals surface area (Å²) < 4.78 is 4.77. The molecule has 2 aromatic heterocycles. The Bertz CT molecular complexity index is 400. The first-order valence-corrected chi connectivity index (χ1v) is 3.34. The molecular formula is C6H5BN2O3. The molecule has 0 radical (unpaired) electrons. The average molecular weight is 164 g/mol. The molecule has 2 aromatic rings. The molecule has 0 spiro atoms. The molecule has 12 heavy (non-hydrogen) atoms. The van der Waals surface area contributed by atoms with Crippen molar-refractivity contribution < 1.29 is 14.6 Å². The predicted octanol–water partition coefficient (Wildman–Crippen LogP) is -1.10. The fourth-order valence-electron chi connectivity index (χ4n) is 0.915. The number of nitrogens with zero attached hydrogens (tertiary/aromatic N) is 2. The Morgan fingerprint density at radius 3 is 2.92 bits per heavy atom. The zero-order valence-corrected chi connectivity index (χ0v) is 6.01. The lowest BCUT2D eigenvalue weighted by atomic mass is 9.82.